The summed E-state index contributed by atoms with van der Waals surface area (Å²) >= 11 is 0. The first-order valence-electron chi connectivity index (χ1n) is 13.2. The lowest BCUT2D eigenvalue weighted by atomic mass is 9.47. The van der Waals surface area contributed by atoms with E-state index in [-0.39, 0.29) is 47.1 Å². The number of aliphatic hydroxyl groups excluding tert-OH is 1. The van der Waals surface area contributed by atoms with E-state index in [2.05, 4.69) is 13.0 Å². The van der Waals surface area contributed by atoms with Gasteiger partial charge in [-0.05, 0) is 74.5 Å². The quantitative estimate of drug-likeness (QED) is 0.446. The number of hydrogen-bond acceptors (Lipinski definition) is 4. The van der Waals surface area contributed by atoms with Crippen LogP contribution in [0.4, 0.5) is 4.39 Å². The zero-order valence-electron chi connectivity index (χ0n) is 20.7. The molecule has 2 N–H and O–H groups in total. The van der Waals surface area contributed by atoms with Crippen LogP contribution in [0.15, 0.2) is 35.5 Å². The molecule has 3 fully saturated rings. The number of ketones is 2. The first-order valence-corrected chi connectivity index (χ1v) is 13.2. The topological polar surface area (TPSA) is 74.6 Å². The highest BCUT2D eigenvalue weighted by molar-refractivity contribution is 6.11. The molecular formula is C29H39FO4. The minimum absolute atomic E-state index is 0.00298. The Bertz CT molecular complexity index is 981. The molecule has 0 heterocycles. The maximum absolute atomic E-state index is 15.6. The number of carbonyl (C=O) groups excluding carboxylic acids is 2. The summed E-state index contributed by atoms with van der Waals surface area (Å²) < 4.78 is 15.6. The van der Waals surface area contributed by atoms with E-state index in [1.165, 1.54) is 5.57 Å². The molecule has 9 atom stereocenters. The van der Waals surface area contributed by atoms with Gasteiger partial charge in [-0.3, -0.25) is 9.59 Å². The fourth-order valence-corrected chi connectivity index (χ4v) is 8.64. The van der Waals surface area contributed by atoms with Gasteiger partial charge in [0, 0.05) is 16.9 Å². The average molecular weight is 471 g/mol. The number of alkyl halides is 1. The van der Waals surface area contributed by atoms with Gasteiger partial charge in [-0.1, -0.05) is 50.6 Å². The second-order valence-corrected chi connectivity index (χ2v) is 12.3. The van der Waals surface area contributed by atoms with Crippen molar-refractivity contribution in [2.45, 2.75) is 96.4 Å². The van der Waals surface area contributed by atoms with E-state index in [0.29, 0.717) is 37.7 Å². The molecule has 186 valence electrons. The standard InChI is InChI=1S/C29H39FO4/c1-17-13-22-20-15-24(30)23-14-19(31)9-11-27(23,2)21(20)10-12-28(22,3)29(17,34)26(33)16-25(32)18-7-5-4-6-8-18/h5,7-8,10,17,19-20,22-24,31,34H,4,6,9,11-16H2,1-3H3/t17-,19+,20?,22?,23-,24-,27+,28-,29-/m0/s1. The maximum atomic E-state index is 15.6. The molecule has 0 radical (unpaired) electrons. The molecular weight excluding hydrogens is 431 g/mol. The van der Waals surface area contributed by atoms with E-state index < -0.39 is 23.3 Å². The van der Waals surface area contributed by atoms with Crippen molar-refractivity contribution in [1.29, 1.82) is 0 Å². The number of fused-ring (bicyclic) bond motifs is 5. The molecule has 5 aliphatic carbocycles. The summed E-state index contributed by atoms with van der Waals surface area (Å²) in [5, 5.41) is 22.2. The van der Waals surface area contributed by atoms with Crippen molar-refractivity contribution in [2.24, 2.45) is 34.5 Å². The minimum atomic E-state index is -1.60. The second-order valence-electron chi connectivity index (χ2n) is 12.3. The fourth-order valence-electron chi connectivity index (χ4n) is 8.64. The number of Topliss-reactive ketones (excluding diaryl/α,β-unsaturated/α-hetero) is 2. The minimum Gasteiger partial charge on any atom is -0.393 e. The third kappa shape index (κ3) is 3.29. The van der Waals surface area contributed by atoms with E-state index in [1.54, 1.807) is 6.08 Å². The Labute approximate surface area is 202 Å². The highest BCUT2D eigenvalue weighted by Gasteiger charge is 2.68. The Kier molecular flexibility index (Phi) is 5.84. The summed E-state index contributed by atoms with van der Waals surface area (Å²) in [6.45, 7) is 6.07. The summed E-state index contributed by atoms with van der Waals surface area (Å²) in [5.41, 5.74) is -0.732. The van der Waals surface area contributed by atoms with Crippen LogP contribution in [0.25, 0.3) is 0 Å². The molecule has 0 aromatic rings. The summed E-state index contributed by atoms with van der Waals surface area (Å²) in [5.74, 6) is -1.07. The van der Waals surface area contributed by atoms with Crippen LogP contribution < -0.4 is 0 Å². The molecule has 4 nitrogen and oxygen atoms in total. The van der Waals surface area contributed by atoms with Gasteiger partial charge < -0.3 is 10.2 Å². The van der Waals surface area contributed by atoms with Gasteiger partial charge >= 0.3 is 0 Å². The van der Waals surface area contributed by atoms with E-state index in [0.717, 1.165) is 19.3 Å². The molecule has 2 unspecified atom stereocenters. The van der Waals surface area contributed by atoms with Crippen molar-refractivity contribution in [3.05, 3.63) is 35.5 Å². The molecule has 34 heavy (non-hydrogen) atoms. The van der Waals surface area contributed by atoms with Crippen LogP contribution >= 0.6 is 0 Å². The number of halogens is 1. The van der Waals surface area contributed by atoms with Crippen molar-refractivity contribution in [2.75, 3.05) is 0 Å². The van der Waals surface area contributed by atoms with Crippen LogP contribution in [0.3, 0.4) is 0 Å². The predicted molar refractivity (Wildman–Crippen MR) is 129 cm³/mol. The number of aliphatic hydroxyl groups is 2. The average Bonchev–Trinajstić information content (AvgIpc) is 3.02. The molecule has 0 spiro atoms. The lowest BCUT2D eigenvalue weighted by Crippen LogP contribution is -2.58. The summed E-state index contributed by atoms with van der Waals surface area (Å²) in [7, 11) is 0. The molecule has 0 aliphatic heterocycles. The number of allylic oxidation sites excluding steroid dienone is 6. The molecule has 5 heteroatoms. The van der Waals surface area contributed by atoms with Crippen LogP contribution in [-0.4, -0.2) is 39.7 Å². The van der Waals surface area contributed by atoms with E-state index in [1.807, 2.05) is 26.0 Å². The molecule has 0 aromatic carbocycles. The Hall–Kier alpha value is -1.59. The van der Waals surface area contributed by atoms with Crippen molar-refractivity contribution >= 4 is 11.6 Å². The van der Waals surface area contributed by atoms with Crippen molar-refractivity contribution in [1.82, 2.24) is 0 Å². The van der Waals surface area contributed by atoms with Gasteiger partial charge in [0.2, 0.25) is 0 Å². The monoisotopic (exact) mass is 470 g/mol. The van der Waals surface area contributed by atoms with Gasteiger partial charge in [0.1, 0.15) is 11.8 Å². The van der Waals surface area contributed by atoms with Gasteiger partial charge in [0.25, 0.3) is 0 Å². The molecule has 0 aromatic heterocycles. The predicted octanol–water partition coefficient (Wildman–Crippen LogP) is 5.04. The second kappa shape index (κ2) is 8.23. The van der Waals surface area contributed by atoms with Crippen LogP contribution in [0.1, 0.15) is 78.6 Å². The van der Waals surface area contributed by atoms with E-state index >= 15 is 4.39 Å². The Morgan fingerprint density at radius 1 is 1.12 bits per heavy atom. The van der Waals surface area contributed by atoms with Crippen molar-refractivity contribution < 1.29 is 24.2 Å². The first kappa shape index (κ1) is 24.1. The van der Waals surface area contributed by atoms with Gasteiger partial charge in [-0.15, -0.1) is 0 Å². The summed E-state index contributed by atoms with van der Waals surface area (Å²) in [6, 6.07) is 0. The maximum Gasteiger partial charge on any atom is 0.172 e. The lowest BCUT2D eigenvalue weighted by molar-refractivity contribution is -0.160. The Morgan fingerprint density at radius 3 is 2.59 bits per heavy atom. The SMILES string of the molecule is C[C@H]1CC2C3C[C@H](F)[C@@H]4C[C@H](O)CC[C@]4(C)C3=CC[C@]2(C)[C@@]1(O)C(=O)CC(=O)C1=CCCC=C1. The Morgan fingerprint density at radius 2 is 1.88 bits per heavy atom. The van der Waals surface area contributed by atoms with Crippen molar-refractivity contribution in [3.63, 3.8) is 0 Å². The van der Waals surface area contributed by atoms with Gasteiger partial charge in [-0.2, -0.15) is 0 Å². The number of rotatable bonds is 4. The molecule has 0 amide bonds. The van der Waals surface area contributed by atoms with Crippen LogP contribution in [0.2, 0.25) is 0 Å². The van der Waals surface area contributed by atoms with E-state index in [9.17, 15) is 19.8 Å². The van der Waals surface area contributed by atoms with Gasteiger partial charge in [0.15, 0.2) is 11.6 Å². The number of hydrogen-bond donors (Lipinski definition) is 2. The molecule has 0 saturated heterocycles. The fraction of sp³-hybridized carbons (Fsp3) is 0.724. The van der Waals surface area contributed by atoms with Crippen molar-refractivity contribution in [3.8, 4) is 0 Å². The summed E-state index contributed by atoms with van der Waals surface area (Å²) in [4.78, 5) is 26.4. The van der Waals surface area contributed by atoms with Crippen LogP contribution in [0.5, 0.6) is 0 Å². The third-order valence-electron chi connectivity index (χ3n) is 10.6. The molecule has 3 saturated carbocycles. The zero-order valence-corrected chi connectivity index (χ0v) is 20.7. The molecule has 5 aliphatic rings. The largest absolute Gasteiger partial charge is 0.393 e. The lowest BCUT2D eigenvalue weighted by Gasteiger charge is -2.58. The van der Waals surface area contributed by atoms with Crippen LogP contribution in [0, 0.1) is 34.5 Å². The number of carbonyl (C=O) groups is 2. The van der Waals surface area contributed by atoms with Gasteiger partial charge in [0.05, 0.1) is 12.5 Å². The molecule has 5 rings (SSSR count). The Balaban J connectivity index is 1.45. The van der Waals surface area contributed by atoms with Crippen LogP contribution in [-0.2, 0) is 9.59 Å². The highest BCUT2D eigenvalue weighted by Crippen LogP contribution is 2.68. The first-order chi connectivity index (χ1) is 16.0. The van der Waals surface area contributed by atoms with Gasteiger partial charge in [-0.25, -0.2) is 4.39 Å². The smallest absolute Gasteiger partial charge is 0.172 e. The third-order valence-corrected chi connectivity index (χ3v) is 10.6. The highest BCUT2D eigenvalue weighted by atomic mass is 19.1. The normalized spacial score (nSPS) is 47.7. The molecule has 0 bridgehead atoms. The zero-order chi connectivity index (χ0) is 24.5. The summed E-state index contributed by atoms with van der Waals surface area (Å²) in [6.07, 6.45) is 11.4. The van der Waals surface area contributed by atoms with E-state index in [4.69, 9.17) is 0 Å².